The van der Waals surface area contributed by atoms with E-state index in [1.54, 1.807) is 6.20 Å². The largest absolute Gasteiger partial charge is 0.376 e. The van der Waals surface area contributed by atoms with Gasteiger partial charge in [-0.3, -0.25) is 4.79 Å². The maximum Gasteiger partial charge on any atom is 0.255 e. The third kappa shape index (κ3) is 3.88. The Labute approximate surface area is 153 Å². The Hall–Kier alpha value is -1.85. The molecule has 1 aromatic carbocycles. The smallest absolute Gasteiger partial charge is 0.255 e. The summed E-state index contributed by atoms with van der Waals surface area (Å²) < 4.78 is 7.48. The maximum atomic E-state index is 12.8. The third-order valence-corrected chi connectivity index (χ3v) is 4.80. The molecule has 2 aromatic rings. The number of carbonyl (C=O) groups excluding carboxylic acids is 1. The van der Waals surface area contributed by atoms with E-state index in [0.717, 1.165) is 30.8 Å². The van der Waals surface area contributed by atoms with Crippen molar-refractivity contribution in [2.24, 2.45) is 0 Å². The number of benzene rings is 1. The molecule has 0 radical (unpaired) electrons. The van der Waals surface area contributed by atoms with Gasteiger partial charge in [-0.1, -0.05) is 25.4 Å². The van der Waals surface area contributed by atoms with E-state index < -0.39 is 0 Å². The van der Waals surface area contributed by atoms with Crippen LogP contribution in [0.15, 0.2) is 30.5 Å². The van der Waals surface area contributed by atoms with Gasteiger partial charge in [-0.05, 0) is 49.9 Å². The minimum atomic E-state index is -0.105. The fraction of sp³-hybridized carbons (Fsp3) is 0.474. The topological polar surface area (TPSA) is 56.1 Å². The molecule has 5 nitrogen and oxygen atoms in total. The van der Waals surface area contributed by atoms with Gasteiger partial charge in [0, 0.05) is 11.6 Å². The summed E-state index contributed by atoms with van der Waals surface area (Å²) in [5.74, 6) is 0.0453. The van der Waals surface area contributed by atoms with Crippen molar-refractivity contribution in [1.82, 2.24) is 15.1 Å². The fourth-order valence-corrected chi connectivity index (χ4v) is 3.38. The predicted octanol–water partition coefficient (Wildman–Crippen LogP) is 3.95. The van der Waals surface area contributed by atoms with E-state index in [-0.39, 0.29) is 24.0 Å². The summed E-state index contributed by atoms with van der Waals surface area (Å²) in [6.45, 7) is 6.89. The summed E-state index contributed by atoms with van der Waals surface area (Å²) in [5, 5.41) is 8.19. The Bertz CT molecular complexity index is 734. The molecule has 25 heavy (non-hydrogen) atoms. The molecular weight excluding hydrogens is 338 g/mol. The molecule has 0 saturated carbocycles. The molecule has 1 aliphatic rings. The summed E-state index contributed by atoms with van der Waals surface area (Å²) in [4.78, 5) is 12.8. The first-order chi connectivity index (χ1) is 12.0. The molecule has 0 aliphatic carbocycles. The highest BCUT2D eigenvalue weighted by atomic mass is 35.5. The molecule has 134 valence electrons. The normalized spacial score (nSPS) is 18.5. The lowest BCUT2D eigenvalue weighted by atomic mass is 10.0. The monoisotopic (exact) mass is 361 g/mol. The van der Waals surface area contributed by atoms with E-state index in [2.05, 4.69) is 24.3 Å². The summed E-state index contributed by atoms with van der Waals surface area (Å²) >= 11 is 5.97. The number of halogens is 1. The van der Waals surface area contributed by atoms with Crippen molar-refractivity contribution < 1.29 is 9.53 Å². The summed E-state index contributed by atoms with van der Waals surface area (Å²) in [6.07, 6.45) is 3.78. The van der Waals surface area contributed by atoms with Crippen molar-refractivity contribution in [3.05, 3.63) is 46.7 Å². The number of hydrogen-bond donors (Lipinski definition) is 1. The lowest BCUT2D eigenvalue weighted by Crippen LogP contribution is -2.41. The van der Waals surface area contributed by atoms with E-state index in [0.29, 0.717) is 10.6 Å². The van der Waals surface area contributed by atoms with Gasteiger partial charge in [0.2, 0.25) is 0 Å². The zero-order valence-electron chi connectivity index (χ0n) is 14.8. The fourth-order valence-electron chi connectivity index (χ4n) is 3.25. The maximum absolute atomic E-state index is 12.8. The van der Waals surface area contributed by atoms with Gasteiger partial charge in [0.1, 0.15) is 0 Å². The molecule has 1 N–H and O–H groups in total. The second kappa shape index (κ2) is 7.58. The predicted molar refractivity (Wildman–Crippen MR) is 98.6 cm³/mol. The van der Waals surface area contributed by atoms with Crippen LogP contribution in [0.2, 0.25) is 5.02 Å². The lowest BCUT2D eigenvalue weighted by molar-refractivity contribution is 0.0711. The van der Waals surface area contributed by atoms with Gasteiger partial charge in [0.15, 0.2) is 0 Å². The number of aromatic nitrogens is 2. The van der Waals surface area contributed by atoms with Gasteiger partial charge >= 0.3 is 0 Å². The molecule has 1 aliphatic heterocycles. The van der Waals surface area contributed by atoms with Crippen LogP contribution in [0.1, 0.15) is 55.6 Å². The average Bonchev–Trinajstić information content (AvgIpc) is 3.25. The molecule has 1 aromatic heterocycles. The van der Waals surface area contributed by atoms with Crippen LogP contribution in [0.4, 0.5) is 0 Å². The zero-order valence-corrected chi connectivity index (χ0v) is 15.6. The molecule has 1 amide bonds. The molecule has 2 heterocycles. The highest BCUT2D eigenvalue weighted by Gasteiger charge is 2.26. The van der Waals surface area contributed by atoms with Gasteiger partial charge in [-0.2, -0.15) is 5.10 Å². The second-order valence-electron chi connectivity index (χ2n) is 6.80. The average molecular weight is 362 g/mol. The summed E-state index contributed by atoms with van der Waals surface area (Å²) in [6, 6.07) is 7.42. The second-order valence-corrected chi connectivity index (χ2v) is 7.24. The van der Waals surface area contributed by atoms with Crippen molar-refractivity contribution in [2.45, 2.75) is 51.7 Å². The number of nitrogens with one attached hydrogen (secondary N) is 1. The Morgan fingerprint density at radius 3 is 2.64 bits per heavy atom. The summed E-state index contributed by atoms with van der Waals surface area (Å²) in [7, 11) is 0. The van der Waals surface area contributed by atoms with Gasteiger partial charge in [0.05, 0.1) is 35.3 Å². The lowest BCUT2D eigenvalue weighted by Gasteiger charge is -2.20. The Kier molecular flexibility index (Phi) is 5.45. The molecule has 0 bridgehead atoms. The highest BCUT2D eigenvalue weighted by Crippen LogP contribution is 2.24. The van der Waals surface area contributed by atoms with E-state index in [1.165, 1.54) is 0 Å². The van der Waals surface area contributed by atoms with Crippen LogP contribution in [0.5, 0.6) is 0 Å². The van der Waals surface area contributed by atoms with Gasteiger partial charge in [-0.15, -0.1) is 0 Å². The SMILES string of the molecule is CC(C)c1c(C(=O)NC(C)C2CCCO2)cnn1-c1ccc(Cl)cc1. The minimum Gasteiger partial charge on any atom is -0.376 e. The van der Waals surface area contributed by atoms with E-state index in [1.807, 2.05) is 35.9 Å². The van der Waals surface area contributed by atoms with Crippen LogP contribution in [-0.2, 0) is 4.74 Å². The van der Waals surface area contributed by atoms with Crippen LogP contribution in [0.3, 0.4) is 0 Å². The Morgan fingerprint density at radius 2 is 2.04 bits per heavy atom. The number of hydrogen-bond acceptors (Lipinski definition) is 3. The first kappa shape index (κ1) is 18.0. The highest BCUT2D eigenvalue weighted by molar-refractivity contribution is 6.30. The van der Waals surface area contributed by atoms with E-state index in [4.69, 9.17) is 16.3 Å². The van der Waals surface area contributed by atoms with Crippen molar-refractivity contribution in [3.63, 3.8) is 0 Å². The first-order valence-corrected chi connectivity index (χ1v) is 9.11. The van der Waals surface area contributed by atoms with Crippen molar-refractivity contribution in [2.75, 3.05) is 6.61 Å². The van der Waals surface area contributed by atoms with Crippen molar-refractivity contribution in [1.29, 1.82) is 0 Å². The molecule has 6 heteroatoms. The van der Waals surface area contributed by atoms with Gasteiger partial charge < -0.3 is 10.1 Å². The van der Waals surface area contributed by atoms with Crippen molar-refractivity contribution >= 4 is 17.5 Å². The zero-order chi connectivity index (χ0) is 18.0. The molecule has 0 spiro atoms. The number of carbonyl (C=O) groups is 1. The molecule has 2 atom stereocenters. The van der Waals surface area contributed by atoms with Gasteiger partial charge in [-0.25, -0.2) is 4.68 Å². The van der Waals surface area contributed by atoms with E-state index >= 15 is 0 Å². The van der Waals surface area contributed by atoms with Crippen LogP contribution >= 0.6 is 11.6 Å². The first-order valence-electron chi connectivity index (χ1n) is 8.73. The Balaban J connectivity index is 1.86. The van der Waals surface area contributed by atoms with Crippen LogP contribution in [0.25, 0.3) is 5.69 Å². The van der Waals surface area contributed by atoms with E-state index in [9.17, 15) is 4.79 Å². The summed E-state index contributed by atoms with van der Waals surface area (Å²) in [5.41, 5.74) is 2.38. The van der Waals surface area contributed by atoms with Crippen molar-refractivity contribution in [3.8, 4) is 5.69 Å². The number of amides is 1. The van der Waals surface area contributed by atoms with Crippen LogP contribution in [-0.4, -0.2) is 34.4 Å². The number of rotatable bonds is 5. The molecule has 1 saturated heterocycles. The Morgan fingerprint density at radius 1 is 1.32 bits per heavy atom. The molecular formula is C19H24ClN3O2. The van der Waals surface area contributed by atoms with Gasteiger partial charge in [0.25, 0.3) is 5.91 Å². The molecule has 1 fully saturated rings. The number of ether oxygens (including phenoxy) is 1. The molecule has 3 rings (SSSR count). The quantitative estimate of drug-likeness (QED) is 0.877. The minimum absolute atomic E-state index is 0.0195. The standard InChI is InChI=1S/C19H24ClN3O2/c1-12(2)18-16(19(24)22-13(3)17-5-4-10-25-17)11-21-23(18)15-8-6-14(20)7-9-15/h6-9,11-13,17H,4-5,10H2,1-3H3,(H,22,24). The molecule has 2 unspecified atom stereocenters. The van der Waals surface area contributed by atoms with Crippen LogP contribution < -0.4 is 5.32 Å². The third-order valence-electron chi connectivity index (χ3n) is 4.55. The van der Waals surface area contributed by atoms with Crippen LogP contribution in [0, 0.1) is 0 Å². The number of nitrogens with zero attached hydrogens (tertiary/aromatic N) is 2.